The molecular weight excluding hydrogens is 373 g/mol. The lowest BCUT2D eigenvalue weighted by Gasteiger charge is -2.16. The summed E-state index contributed by atoms with van der Waals surface area (Å²) in [6.45, 7) is 4.39. The minimum absolute atomic E-state index is 0.112. The van der Waals surface area contributed by atoms with Crippen LogP contribution in [0, 0.1) is 12.7 Å². The second-order valence-electron chi connectivity index (χ2n) is 7.74. The number of amides is 1. The maximum atomic E-state index is 14.6. The van der Waals surface area contributed by atoms with Crippen LogP contribution in [0.5, 0.6) is 5.75 Å². The minimum atomic E-state index is -0.401. The predicted molar refractivity (Wildman–Crippen MR) is 107 cm³/mol. The van der Waals surface area contributed by atoms with Crippen LogP contribution in [0.1, 0.15) is 41.3 Å². The van der Waals surface area contributed by atoms with Crippen molar-refractivity contribution in [2.75, 3.05) is 13.2 Å². The Hall–Kier alpha value is -2.73. The highest BCUT2D eigenvalue weighted by Crippen LogP contribution is 2.41. The third kappa shape index (κ3) is 4.03. The van der Waals surface area contributed by atoms with Crippen molar-refractivity contribution < 1.29 is 23.5 Å². The van der Waals surface area contributed by atoms with Gasteiger partial charge in [-0.3, -0.25) is 9.59 Å². The predicted octanol–water partition coefficient (Wildman–Crippen LogP) is 3.60. The topological polar surface area (TPSA) is 64.6 Å². The molecule has 1 amide bonds. The molecule has 1 saturated heterocycles. The van der Waals surface area contributed by atoms with Crippen LogP contribution >= 0.6 is 0 Å². The van der Waals surface area contributed by atoms with Gasteiger partial charge in [0.15, 0.2) is 5.78 Å². The smallest absolute Gasteiger partial charge is 0.249 e. The summed E-state index contributed by atoms with van der Waals surface area (Å²) in [4.78, 5) is 23.9. The quantitative estimate of drug-likeness (QED) is 0.783. The zero-order valence-electron chi connectivity index (χ0n) is 16.6. The van der Waals surface area contributed by atoms with Gasteiger partial charge >= 0.3 is 0 Å². The summed E-state index contributed by atoms with van der Waals surface area (Å²) in [5.41, 5.74) is 3.40. The number of aryl methyl sites for hydroxylation is 1. The Morgan fingerprint density at radius 3 is 2.76 bits per heavy atom. The zero-order chi connectivity index (χ0) is 20.5. The summed E-state index contributed by atoms with van der Waals surface area (Å²) in [6, 6.07) is 8.26. The third-order valence-corrected chi connectivity index (χ3v) is 5.43. The molecule has 2 aliphatic rings. The summed E-state index contributed by atoms with van der Waals surface area (Å²) < 4.78 is 26.1. The van der Waals surface area contributed by atoms with E-state index >= 15 is 0 Å². The first kappa shape index (κ1) is 19.6. The average molecular weight is 397 g/mol. The molecule has 2 aliphatic heterocycles. The maximum Gasteiger partial charge on any atom is 0.249 e. The second-order valence-corrected chi connectivity index (χ2v) is 7.74. The molecule has 0 unspecified atom stereocenters. The molecule has 2 aromatic rings. The molecule has 29 heavy (non-hydrogen) atoms. The number of hydrogen-bond donors (Lipinski definition) is 1. The molecule has 152 valence electrons. The Labute approximate surface area is 169 Å². The summed E-state index contributed by atoms with van der Waals surface area (Å²) in [7, 11) is 0. The summed E-state index contributed by atoms with van der Waals surface area (Å²) in [5, 5.41) is 2.90. The van der Waals surface area contributed by atoms with E-state index in [1.165, 1.54) is 19.1 Å². The lowest BCUT2D eigenvalue weighted by atomic mass is 9.95. The van der Waals surface area contributed by atoms with E-state index in [0.29, 0.717) is 42.0 Å². The van der Waals surface area contributed by atoms with Crippen LogP contribution in [0.25, 0.3) is 11.1 Å². The zero-order valence-corrected chi connectivity index (χ0v) is 16.6. The monoisotopic (exact) mass is 397 g/mol. The van der Waals surface area contributed by atoms with E-state index in [-0.39, 0.29) is 23.9 Å². The number of rotatable bonds is 5. The number of ether oxygens (including phenoxy) is 2. The van der Waals surface area contributed by atoms with E-state index in [9.17, 15) is 14.0 Å². The van der Waals surface area contributed by atoms with Crippen LogP contribution in [-0.4, -0.2) is 37.0 Å². The van der Waals surface area contributed by atoms with Gasteiger partial charge in [-0.05, 0) is 62.1 Å². The molecule has 1 fully saturated rings. The number of nitrogens with one attached hydrogen (secondary N) is 1. The molecule has 2 aromatic carbocycles. The van der Waals surface area contributed by atoms with Crippen molar-refractivity contribution in [3.8, 4) is 16.9 Å². The summed E-state index contributed by atoms with van der Waals surface area (Å²) in [6.07, 6.45) is 1.67. The Morgan fingerprint density at radius 1 is 1.21 bits per heavy atom. The molecule has 0 aromatic heterocycles. The van der Waals surface area contributed by atoms with E-state index < -0.39 is 5.82 Å². The molecule has 2 heterocycles. The van der Waals surface area contributed by atoms with Gasteiger partial charge in [-0.2, -0.15) is 0 Å². The molecular formula is C23H24FNO4. The molecule has 6 heteroatoms. The average Bonchev–Trinajstić information content (AvgIpc) is 3.35. The van der Waals surface area contributed by atoms with Crippen LogP contribution in [-0.2, 0) is 16.0 Å². The first-order valence-electron chi connectivity index (χ1n) is 9.92. The summed E-state index contributed by atoms with van der Waals surface area (Å²) in [5.74, 6) is -0.0158. The molecule has 0 saturated carbocycles. The number of carbonyl (C=O) groups excluding carboxylic acids is 2. The minimum Gasteiger partial charge on any atom is -0.487 e. The molecule has 0 radical (unpaired) electrons. The van der Waals surface area contributed by atoms with Crippen molar-refractivity contribution in [2.24, 2.45) is 0 Å². The van der Waals surface area contributed by atoms with Gasteiger partial charge in [-0.25, -0.2) is 4.39 Å². The Kier molecular flexibility index (Phi) is 5.37. The number of Topliss-reactive ketones (excluding diaryl/α,β-unsaturated/α-hetero) is 1. The standard InChI is InChI=1S/C23H24FNO4/c1-13-8-16-10-17(12-25-23(27)21-4-3-7-28-21)29-22(16)19(9-13)18-11-15(14(2)26)5-6-20(18)24/h5-6,8-9,11,17,21H,3-4,7,10,12H2,1-2H3,(H,25,27)/t17-,21-/m1/s1. The molecule has 0 spiro atoms. The third-order valence-electron chi connectivity index (χ3n) is 5.43. The van der Waals surface area contributed by atoms with Crippen molar-refractivity contribution in [3.63, 3.8) is 0 Å². The normalized spacial score (nSPS) is 20.2. The van der Waals surface area contributed by atoms with E-state index in [1.807, 2.05) is 19.1 Å². The van der Waals surface area contributed by atoms with Crippen LogP contribution in [0.2, 0.25) is 0 Å². The van der Waals surface area contributed by atoms with Crippen molar-refractivity contribution in [2.45, 2.75) is 45.3 Å². The summed E-state index contributed by atoms with van der Waals surface area (Å²) >= 11 is 0. The highest BCUT2D eigenvalue weighted by Gasteiger charge is 2.29. The molecule has 0 bridgehead atoms. The van der Waals surface area contributed by atoms with E-state index in [0.717, 1.165) is 24.0 Å². The van der Waals surface area contributed by atoms with Gasteiger partial charge in [-0.15, -0.1) is 0 Å². The van der Waals surface area contributed by atoms with Gasteiger partial charge < -0.3 is 14.8 Å². The van der Waals surface area contributed by atoms with Crippen molar-refractivity contribution in [3.05, 3.63) is 52.8 Å². The Morgan fingerprint density at radius 2 is 2.03 bits per heavy atom. The fourth-order valence-electron chi connectivity index (χ4n) is 3.97. The lowest BCUT2D eigenvalue weighted by molar-refractivity contribution is -0.130. The Bertz CT molecular complexity index is 966. The number of benzene rings is 2. The first-order chi connectivity index (χ1) is 13.9. The van der Waals surface area contributed by atoms with E-state index in [2.05, 4.69) is 5.32 Å². The van der Waals surface area contributed by atoms with Crippen LogP contribution in [0.3, 0.4) is 0 Å². The van der Waals surface area contributed by atoms with E-state index in [4.69, 9.17) is 9.47 Å². The van der Waals surface area contributed by atoms with Gasteiger partial charge in [-0.1, -0.05) is 6.07 Å². The van der Waals surface area contributed by atoms with Gasteiger partial charge in [0.1, 0.15) is 23.8 Å². The van der Waals surface area contributed by atoms with Gasteiger partial charge in [0, 0.05) is 29.7 Å². The fourth-order valence-corrected chi connectivity index (χ4v) is 3.97. The van der Waals surface area contributed by atoms with Crippen LogP contribution in [0.4, 0.5) is 4.39 Å². The van der Waals surface area contributed by atoms with E-state index in [1.54, 1.807) is 6.07 Å². The molecule has 1 N–H and O–H groups in total. The highest BCUT2D eigenvalue weighted by molar-refractivity contribution is 5.95. The SMILES string of the molecule is CC(=O)c1ccc(F)c(-c2cc(C)cc3c2O[C@@H](CNC(=O)[C@H]2CCCO2)C3)c1. The van der Waals surface area contributed by atoms with Gasteiger partial charge in [0.05, 0.1) is 6.54 Å². The molecule has 0 aliphatic carbocycles. The lowest BCUT2D eigenvalue weighted by Crippen LogP contribution is -2.40. The fraction of sp³-hybridized carbons (Fsp3) is 0.391. The number of hydrogen-bond acceptors (Lipinski definition) is 4. The number of ketones is 1. The van der Waals surface area contributed by atoms with Gasteiger partial charge in [0.2, 0.25) is 5.91 Å². The molecule has 5 nitrogen and oxygen atoms in total. The molecule has 4 rings (SSSR count). The second kappa shape index (κ2) is 7.95. The van der Waals surface area contributed by atoms with Gasteiger partial charge in [0.25, 0.3) is 0 Å². The highest BCUT2D eigenvalue weighted by atomic mass is 19.1. The van der Waals surface area contributed by atoms with Crippen molar-refractivity contribution in [1.82, 2.24) is 5.32 Å². The maximum absolute atomic E-state index is 14.6. The van der Waals surface area contributed by atoms with Crippen LogP contribution < -0.4 is 10.1 Å². The first-order valence-corrected chi connectivity index (χ1v) is 9.92. The van der Waals surface area contributed by atoms with Crippen molar-refractivity contribution in [1.29, 1.82) is 0 Å². The number of carbonyl (C=O) groups is 2. The Balaban J connectivity index is 1.56. The molecule has 2 atom stereocenters. The number of halogens is 1. The largest absolute Gasteiger partial charge is 0.487 e. The van der Waals surface area contributed by atoms with Crippen LogP contribution in [0.15, 0.2) is 30.3 Å². The van der Waals surface area contributed by atoms with Crippen molar-refractivity contribution >= 4 is 11.7 Å². The number of fused-ring (bicyclic) bond motifs is 1.